The van der Waals surface area contributed by atoms with Crippen LogP contribution in [-0.2, 0) is 0 Å². The zero-order chi connectivity index (χ0) is 18.9. The first-order valence-corrected chi connectivity index (χ1v) is 13.7. The van der Waals surface area contributed by atoms with Crippen molar-refractivity contribution in [2.75, 3.05) is 12.0 Å². The molecule has 0 amide bonds. The van der Waals surface area contributed by atoms with Crippen LogP contribution in [0.25, 0.3) is 0 Å². The van der Waals surface area contributed by atoms with Gasteiger partial charge in [0.05, 0.1) is 0 Å². The molecule has 150 valence electrons. The van der Waals surface area contributed by atoms with Gasteiger partial charge in [0.2, 0.25) is 0 Å². The van der Waals surface area contributed by atoms with Crippen LogP contribution < -0.4 is 0 Å². The van der Waals surface area contributed by atoms with E-state index in [1.165, 1.54) is 19.3 Å². The molecule has 7 unspecified atom stereocenters. The lowest BCUT2D eigenvalue weighted by molar-refractivity contribution is 0.226. The Kier molecular flexibility index (Phi) is 7.42. The third-order valence-corrected chi connectivity index (χ3v) is 13.4. The molecule has 1 heterocycles. The minimum Gasteiger partial charge on any atom is -0.238 e. The van der Waals surface area contributed by atoms with Crippen LogP contribution in [0.1, 0.15) is 87.5 Å². The van der Waals surface area contributed by atoms with Crippen LogP contribution in [0, 0.1) is 41.4 Å². The molecule has 1 heteroatoms. The summed E-state index contributed by atoms with van der Waals surface area (Å²) in [7, 11) is -0.450. The van der Waals surface area contributed by atoms with E-state index >= 15 is 0 Å². The zero-order valence-electron chi connectivity index (χ0n) is 18.8. The molecule has 1 saturated heterocycles. The Labute approximate surface area is 161 Å². The Morgan fingerprint density at radius 3 is 2.04 bits per heavy atom. The number of hydrogen-bond donors (Lipinski definition) is 0. The van der Waals surface area contributed by atoms with Gasteiger partial charge in [-0.1, -0.05) is 55.4 Å². The SMILES string of the molecule is CCC1C(C(C)C)C(C(C)C)CS1(C)C1CCC(CC(C)C(C)C)C1. The summed E-state index contributed by atoms with van der Waals surface area (Å²) in [6.45, 7) is 19.8. The zero-order valence-corrected chi connectivity index (χ0v) is 19.7. The Balaban J connectivity index is 2.14. The summed E-state index contributed by atoms with van der Waals surface area (Å²) in [6, 6.07) is 0. The monoisotopic (exact) mass is 368 g/mol. The highest BCUT2D eigenvalue weighted by Crippen LogP contribution is 2.70. The maximum absolute atomic E-state index is 2.79. The Morgan fingerprint density at radius 1 is 0.920 bits per heavy atom. The van der Waals surface area contributed by atoms with Crippen LogP contribution in [0.5, 0.6) is 0 Å². The molecule has 0 aromatic rings. The van der Waals surface area contributed by atoms with Crippen LogP contribution in [-0.4, -0.2) is 22.5 Å². The summed E-state index contributed by atoms with van der Waals surface area (Å²) in [5.74, 6) is 8.08. The second-order valence-electron chi connectivity index (χ2n) is 10.8. The highest BCUT2D eigenvalue weighted by molar-refractivity contribution is 8.34. The molecule has 0 aromatic heterocycles. The number of rotatable bonds is 7. The Bertz CT molecular complexity index is 412. The van der Waals surface area contributed by atoms with E-state index < -0.39 is 10.0 Å². The minimum atomic E-state index is -0.450. The van der Waals surface area contributed by atoms with Gasteiger partial charge in [0, 0.05) is 0 Å². The van der Waals surface area contributed by atoms with Crippen molar-refractivity contribution in [3.8, 4) is 0 Å². The lowest BCUT2D eigenvalue weighted by Crippen LogP contribution is -2.30. The third kappa shape index (κ3) is 4.44. The van der Waals surface area contributed by atoms with Gasteiger partial charge in [-0.05, 0) is 96.0 Å². The van der Waals surface area contributed by atoms with Crippen molar-refractivity contribution in [2.24, 2.45) is 41.4 Å². The van der Waals surface area contributed by atoms with E-state index in [4.69, 9.17) is 0 Å². The predicted octanol–water partition coefficient (Wildman–Crippen LogP) is 7.61. The normalized spacial score (nSPS) is 43.1. The van der Waals surface area contributed by atoms with Gasteiger partial charge >= 0.3 is 0 Å². The fraction of sp³-hybridized carbons (Fsp3) is 1.00. The first-order chi connectivity index (χ1) is 11.6. The second kappa shape index (κ2) is 8.57. The standard InChI is InChI=1S/C24H48S/c1-10-23-24(18(6)7)22(17(4)5)15-25(23,9)21-12-11-20(14-21)13-19(8)16(2)3/h16-24H,10-15H2,1-9H3. The van der Waals surface area contributed by atoms with E-state index in [-0.39, 0.29) is 0 Å². The molecule has 2 rings (SSSR count). The first kappa shape index (κ1) is 21.6. The molecule has 1 saturated carbocycles. The lowest BCUT2D eigenvalue weighted by atomic mass is 9.76. The predicted molar refractivity (Wildman–Crippen MR) is 119 cm³/mol. The van der Waals surface area contributed by atoms with Crippen molar-refractivity contribution >= 4 is 10.0 Å². The summed E-state index contributed by atoms with van der Waals surface area (Å²) in [5.41, 5.74) is 0. The molecular weight excluding hydrogens is 320 g/mol. The Hall–Kier alpha value is 0.350. The molecule has 0 bridgehead atoms. The Morgan fingerprint density at radius 2 is 1.56 bits per heavy atom. The summed E-state index contributed by atoms with van der Waals surface area (Å²) in [6.07, 6.45) is 10.4. The smallest absolute Gasteiger partial charge is 0.00804 e. The topological polar surface area (TPSA) is 0 Å². The minimum absolute atomic E-state index is 0.450. The molecule has 7 atom stereocenters. The van der Waals surface area contributed by atoms with Gasteiger partial charge in [-0.25, -0.2) is 10.0 Å². The van der Waals surface area contributed by atoms with Gasteiger partial charge in [0.25, 0.3) is 0 Å². The van der Waals surface area contributed by atoms with Gasteiger partial charge in [-0.3, -0.25) is 0 Å². The van der Waals surface area contributed by atoms with E-state index in [2.05, 4.69) is 61.6 Å². The molecule has 2 aliphatic rings. The quantitative estimate of drug-likeness (QED) is 0.434. The molecule has 1 aliphatic heterocycles. The van der Waals surface area contributed by atoms with E-state index in [0.29, 0.717) is 0 Å². The van der Waals surface area contributed by atoms with Gasteiger partial charge < -0.3 is 0 Å². The average molecular weight is 369 g/mol. The molecule has 1 aliphatic carbocycles. The molecule has 0 N–H and O–H groups in total. The fourth-order valence-electron chi connectivity index (χ4n) is 6.41. The van der Waals surface area contributed by atoms with Crippen molar-refractivity contribution in [2.45, 2.75) is 98.0 Å². The largest absolute Gasteiger partial charge is 0.238 e. The van der Waals surface area contributed by atoms with Crippen LogP contribution in [0.2, 0.25) is 0 Å². The van der Waals surface area contributed by atoms with Crippen molar-refractivity contribution in [1.82, 2.24) is 0 Å². The third-order valence-electron chi connectivity index (χ3n) is 8.29. The molecular formula is C24H48S. The highest BCUT2D eigenvalue weighted by Gasteiger charge is 2.52. The summed E-state index contributed by atoms with van der Waals surface area (Å²) in [4.78, 5) is 0. The van der Waals surface area contributed by atoms with E-state index in [0.717, 1.165) is 51.9 Å². The fourth-order valence-corrected chi connectivity index (χ4v) is 12.2. The molecule has 0 radical (unpaired) electrons. The van der Waals surface area contributed by atoms with Crippen molar-refractivity contribution in [3.05, 3.63) is 0 Å². The van der Waals surface area contributed by atoms with Crippen LogP contribution in [0.3, 0.4) is 0 Å². The molecule has 2 fully saturated rings. The number of hydrogen-bond acceptors (Lipinski definition) is 0. The summed E-state index contributed by atoms with van der Waals surface area (Å²) >= 11 is 0. The van der Waals surface area contributed by atoms with E-state index in [9.17, 15) is 0 Å². The van der Waals surface area contributed by atoms with Gasteiger partial charge in [0.15, 0.2) is 0 Å². The molecule has 0 nitrogen and oxygen atoms in total. The second-order valence-corrected chi connectivity index (χ2v) is 14.9. The summed E-state index contributed by atoms with van der Waals surface area (Å²) in [5, 5.41) is 2.11. The van der Waals surface area contributed by atoms with Crippen molar-refractivity contribution < 1.29 is 0 Å². The van der Waals surface area contributed by atoms with Gasteiger partial charge in [-0.15, -0.1) is 0 Å². The van der Waals surface area contributed by atoms with Gasteiger partial charge in [-0.2, -0.15) is 0 Å². The van der Waals surface area contributed by atoms with E-state index in [1.807, 2.05) is 0 Å². The first-order valence-electron chi connectivity index (χ1n) is 11.3. The van der Waals surface area contributed by atoms with Gasteiger partial charge in [0.1, 0.15) is 0 Å². The highest BCUT2D eigenvalue weighted by atomic mass is 32.3. The van der Waals surface area contributed by atoms with Crippen LogP contribution in [0.4, 0.5) is 0 Å². The van der Waals surface area contributed by atoms with Crippen LogP contribution >= 0.6 is 10.0 Å². The van der Waals surface area contributed by atoms with Crippen molar-refractivity contribution in [3.63, 3.8) is 0 Å². The van der Waals surface area contributed by atoms with Crippen molar-refractivity contribution in [1.29, 1.82) is 0 Å². The summed E-state index contributed by atoms with van der Waals surface area (Å²) < 4.78 is 0. The molecule has 25 heavy (non-hydrogen) atoms. The maximum atomic E-state index is 2.79. The maximum Gasteiger partial charge on any atom is -0.00804 e. The lowest BCUT2D eigenvalue weighted by Gasteiger charge is -2.45. The molecule has 0 aromatic carbocycles. The van der Waals surface area contributed by atoms with Crippen LogP contribution in [0.15, 0.2) is 0 Å². The molecule has 0 spiro atoms. The van der Waals surface area contributed by atoms with E-state index in [1.54, 1.807) is 18.6 Å². The average Bonchev–Trinajstić information content (AvgIpc) is 3.10.